The predicted octanol–water partition coefficient (Wildman–Crippen LogP) is 2.43. The third-order valence-corrected chi connectivity index (χ3v) is 4.97. The van der Waals surface area contributed by atoms with E-state index in [-0.39, 0.29) is 17.0 Å². The van der Waals surface area contributed by atoms with Crippen molar-refractivity contribution in [2.45, 2.75) is 38.1 Å². The molecule has 0 spiro atoms. The van der Waals surface area contributed by atoms with E-state index in [2.05, 4.69) is 25.7 Å². The van der Waals surface area contributed by atoms with Gasteiger partial charge in [0.05, 0.1) is 11.5 Å². The van der Waals surface area contributed by atoms with Gasteiger partial charge < -0.3 is 0 Å². The summed E-state index contributed by atoms with van der Waals surface area (Å²) in [5.74, 6) is 0.300. The van der Waals surface area contributed by atoms with Crippen molar-refractivity contribution in [1.29, 1.82) is 0 Å². The van der Waals surface area contributed by atoms with Crippen molar-refractivity contribution in [2.75, 3.05) is 19.7 Å². The molecule has 0 aromatic heterocycles. The van der Waals surface area contributed by atoms with Crippen LogP contribution in [-0.2, 0) is 14.3 Å². The molecule has 0 aliphatic carbocycles. The lowest BCUT2D eigenvalue weighted by molar-refractivity contribution is -0.00474. The van der Waals surface area contributed by atoms with E-state index >= 15 is 0 Å². The fraction of sp³-hybridized carbons (Fsp3) is 0.600. The van der Waals surface area contributed by atoms with E-state index in [0.29, 0.717) is 5.92 Å². The number of hydrogen-bond acceptors (Lipinski definition) is 4. The summed E-state index contributed by atoms with van der Waals surface area (Å²) in [6, 6.07) is 6.74. The largest absolute Gasteiger partial charge is 0.298 e. The zero-order valence-electron chi connectivity index (χ0n) is 12.6. The van der Waals surface area contributed by atoms with Crippen LogP contribution in [0.3, 0.4) is 0 Å². The highest BCUT2D eigenvalue weighted by molar-refractivity contribution is 7.86. The second-order valence-electron chi connectivity index (χ2n) is 6.49. The van der Waals surface area contributed by atoms with E-state index in [0.717, 1.165) is 18.7 Å². The topological polar surface area (TPSA) is 46.6 Å². The molecule has 1 aliphatic rings. The van der Waals surface area contributed by atoms with Crippen LogP contribution in [0.1, 0.15) is 26.3 Å². The molecule has 0 saturated carbocycles. The molecule has 1 aromatic rings. The molecule has 0 bridgehead atoms. The van der Waals surface area contributed by atoms with Crippen molar-refractivity contribution in [2.24, 2.45) is 5.92 Å². The monoisotopic (exact) mass is 297 g/mol. The normalized spacial score (nSPS) is 18.0. The Kier molecular flexibility index (Phi) is 4.23. The van der Waals surface area contributed by atoms with Gasteiger partial charge in [0.15, 0.2) is 0 Å². The number of aryl methyl sites for hydroxylation is 1. The van der Waals surface area contributed by atoms with E-state index in [1.54, 1.807) is 24.3 Å². The van der Waals surface area contributed by atoms with Crippen LogP contribution in [-0.4, -0.2) is 38.6 Å². The van der Waals surface area contributed by atoms with Gasteiger partial charge in [-0.15, -0.1) is 0 Å². The number of rotatable bonds is 4. The zero-order valence-corrected chi connectivity index (χ0v) is 13.4. The Labute approximate surface area is 121 Å². The lowest BCUT2D eigenvalue weighted by Crippen LogP contribution is -2.57. The van der Waals surface area contributed by atoms with Gasteiger partial charge in [-0.3, -0.25) is 9.08 Å². The molecule has 1 fully saturated rings. The molecule has 1 saturated heterocycles. The number of benzene rings is 1. The second-order valence-corrected chi connectivity index (χ2v) is 8.11. The Bertz CT molecular complexity index is 552. The van der Waals surface area contributed by atoms with Gasteiger partial charge in [0.2, 0.25) is 0 Å². The van der Waals surface area contributed by atoms with E-state index < -0.39 is 10.1 Å². The zero-order chi connectivity index (χ0) is 15.0. The second kappa shape index (κ2) is 5.47. The highest BCUT2D eigenvalue weighted by Gasteiger charge is 2.35. The minimum Gasteiger partial charge on any atom is -0.298 e. The Morgan fingerprint density at radius 1 is 1.20 bits per heavy atom. The number of hydrogen-bond donors (Lipinski definition) is 0. The molecule has 0 atom stereocenters. The molecular weight excluding hydrogens is 274 g/mol. The van der Waals surface area contributed by atoms with Crippen LogP contribution < -0.4 is 0 Å². The molecule has 2 rings (SSSR count). The third kappa shape index (κ3) is 3.59. The van der Waals surface area contributed by atoms with Crippen LogP contribution in [0.4, 0.5) is 0 Å². The van der Waals surface area contributed by atoms with Crippen LogP contribution in [0, 0.1) is 12.8 Å². The number of likely N-dealkylation sites (tertiary alicyclic amines) is 1. The van der Waals surface area contributed by atoms with Gasteiger partial charge in [0.1, 0.15) is 0 Å². The van der Waals surface area contributed by atoms with E-state index in [1.165, 1.54) is 0 Å². The molecule has 0 N–H and O–H groups in total. The first-order valence-electron chi connectivity index (χ1n) is 6.89. The van der Waals surface area contributed by atoms with E-state index in [9.17, 15) is 8.42 Å². The van der Waals surface area contributed by atoms with Crippen LogP contribution in [0.2, 0.25) is 0 Å². The Morgan fingerprint density at radius 3 is 2.25 bits per heavy atom. The summed E-state index contributed by atoms with van der Waals surface area (Å²) in [4.78, 5) is 2.55. The van der Waals surface area contributed by atoms with E-state index in [1.807, 2.05) is 6.92 Å². The highest BCUT2D eigenvalue weighted by Crippen LogP contribution is 2.26. The summed E-state index contributed by atoms with van der Waals surface area (Å²) in [7, 11) is -3.62. The first kappa shape index (κ1) is 15.5. The fourth-order valence-corrected chi connectivity index (χ4v) is 3.16. The molecule has 4 nitrogen and oxygen atoms in total. The van der Waals surface area contributed by atoms with E-state index in [4.69, 9.17) is 4.18 Å². The highest BCUT2D eigenvalue weighted by atomic mass is 32.2. The average molecular weight is 297 g/mol. The van der Waals surface area contributed by atoms with Gasteiger partial charge in [0, 0.05) is 24.5 Å². The summed E-state index contributed by atoms with van der Waals surface area (Å²) in [5, 5.41) is 0. The maximum absolute atomic E-state index is 12.0. The summed E-state index contributed by atoms with van der Waals surface area (Å²) in [5.41, 5.74) is 1.18. The van der Waals surface area contributed by atoms with Crippen molar-refractivity contribution in [3.63, 3.8) is 0 Å². The van der Waals surface area contributed by atoms with Gasteiger partial charge in [-0.25, -0.2) is 0 Å². The van der Waals surface area contributed by atoms with Crippen molar-refractivity contribution in [3.8, 4) is 0 Å². The standard InChI is InChI=1S/C15H23NO3S/c1-12-5-7-14(8-6-12)20(17,18)19-11-13-9-16(10-13)15(2,3)4/h5-8,13H,9-11H2,1-4H3. The molecule has 1 aromatic carbocycles. The van der Waals surface area contributed by atoms with Crippen LogP contribution in [0.15, 0.2) is 29.2 Å². The summed E-state index contributed by atoms with van der Waals surface area (Å²) >= 11 is 0. The molecule has 1 aliphatic heterocycles. The molecule has 0 unspecified atom stereocenters. The van der Waals surface area contributed by atoms with Crippen molar-refractivity contribution in [1.82, 2.24) is 4.90 Å². The third-order valence-electron chi connectivity index (χ3n) is 3.67. The predicted molar refractivity (Wildman–Crippen MR) is 79.1 cm³/mol. The molecular formula is C15H23NO3S. The van der Waals surface area contributed by atoms with Crippen molar-refractivity contribution < 1.29 is 12.6 Å². The first-order chi connectivity index (χ1) is 9.18. The van der Waals surface area contributed by atoms with Crippen LogP contribution in [0.5, 0.6) is 0 Å². The summed E-state index contributed by atoms with van der Waals surface area (Å²) < 4.78 is 29.2. The lowest BCUT2D eigenvalue weighted by atomic mass is 9.93. The van der Waals surface area contributed by atoms with Gasteiger partial charge in [-0.05, 0) is 39.8 Å². The van der Waals surface area contributed by atoms with Crippen LogP contribution >= 0.6 is 0 Å². The summed E-state index contributed by atoms with van der Waals surface area (Å²) in [6.45, 7) is 10.5. The van der Waals surface area contributed by atoms with Gasteiger partial charge in [0.25, 0.3) is 10.1 Å². The quantitative estimate of drug-likeness (QED) is 0.801. The molecule has 0 radical (unpaired) electrons. The first-order valence-corrected chi connectivity index (χ1v) is 8.30. The minimum absolute atomic E-state index is 0.145. The summed E-state index contributed by atoms with van der Waals surface area (Å²) in [6.07, 6.45) is 0. The van der Waals surface area contributed by atoms with Crippen molar-refractivity contribution >= 4 is 10.1 Å². The van der Waals surface area contributed by atoms with Gasteiger partial charge in [-0.1, -0.05) is 17.7 Å². The minimum atomic E-state index is -3.62. The number of nitrogens with zero attached hydrogens (tertiary/aromatic N) is 1. The Balaban J connectivity index is 1.87. The van der Waals surface area contributed by atoms with Crippen LogP contribution in [0.25, 0.3) is 0 Å². The Morgan fingerprint density at radius 2 is 1.75 bits per heavy atom. The fourth-order valence-electron chi connectivity index (χ4n) is 2.18. The average Bonchev–Trinajstić information content (AvgIpc) is 2.25. The molecule has 1 heterocycles. The molecule has 20 heavy (non-hydrogen) atoms. The van der Waals surface area contributed by atoms with Crippen molar-refractivity contribution in [3.05, 3.63) is 29.8 Å². The molecule has 5 heteroatoms. The van der Waals surface area contributed by atoms with Gasteiger partial charge >= 0.3 is 0 Å². The molecule has 112 valence electrons. The molecule has 0 amide bonds. The maximum atomic E-state index is 12.0. The van der Waals surface area contributed by atoms with Gasteiger partial charge in [-0.2, -0.15) is 8.42 Å². The lowest BCUT2D eigenvalue weighted by Gasteiger charge is -2.47. The smallest absolute Gasteiger partial charge is 0.296 e. The SMILES string of the molecule is Cc1ccc(S(=O)(=O)OCC2CN(C(C)(C)C)C2)cc1. The maximum Gasteiger partial charge on any atom is 0.296 e. The Hall–Kier alpha value is -0.910.